The van der Waals surface area contributed by atoms with Crippen LogP contribution in [-0.4, -0.2) is 11.8 Å². The SMILES string of the molecule is NC(=O)CCCCCCCCC(N)=O.NCc1ccc(CN)cc1. The molecule has 1 aromatic carbocycles. The summed E-state index contributed by atoms with van der Waals surface area (Å²) in [6.45, 7) is 1.20. The number of primary amides is 2. The van der Waals surface area contributed by atoms with Crippen LogP contribution in [0.25, 0.3) is 0 Å². The molecule has 0 atom stereocenters. The van der Waals surface area contributed by atoms with Crippen molar-refractivity contribution in [3.8, 4) is 0 Å². The Bertz CT molecular complexity index is 418. The number of rotatable bonds is 11. The summed E-state index contributed by atoms with van der Waals surface area (Å²) >= 11 is 0. The molecule has 0 unspecified atom stereocenters. The van der Waals surface area contributed by atoms with Gasteiger partial charge < -0.3 is 22.9 Å². The number of carbonyl (C=O) groups excluding carboxylic acids is 2. The maximum Gasteiger partial charge on any atom is 0.217 e. The lowest BCUT2D eigenvalue weighted by Gasteiger charge is -1.99. The second-order valence-electron chi connectivity index (χ2n) is 5.78. The van der Waals surface area contributed by atoms with Gasteiger partial charge in [0, 0.05) is 25.9 Å². The van der Waals surface area contributed by atoms with Crippen molar-refractivity contribution in [3.63, 3.8) is 0 Å². The van der Waals surface area contributed by atoms with Gasteiger partial charge in [-0.15, -0.1) is 0 Å². The summed E-state index contributed by atoms with van der Waals surface area (Å²) in [7, 11) is 0. The Labute approximate surface area is 144 Å². The number of unbranched alkanes of at least 4 members (excludes halogenated alkanes) is 5. The molecule has 0 fully saturated rings. The summed E-state index contributed by atoms with van der Waals surface area (Å²) in [4.78, 5) is 20.8. The van der Waals surface area contributed by atoms with Crippen LogP contribution in [0.3, 0.4) is 0 Å². The highest BCUT2D eigenvalue weighted by atomic mass is 16.1. The zero-order valence-corrected chi connectivity index (χ0v) is 14.5. The van der Waals surface area contributed by atoms with E-state index in [0.717, 1.165) is 49.7 Å². The lowest BCUT2D eigenvalue weighted by atomic mass is 10.1. The Hall–Kier alpha value is -1.92. The minimum Gasteiger partial charge on any atom is -0.370 e. The Morgan fingerprint density at radius 1 is 0.625 bits per heavy atom. The highest BCUT2D eigenvalue weighted by molar-refractivity contribution is 5.73. The third-order valence-electron chi connectivity index (χ3n) is 3.59. The molecule has 0 heterocycles. The molecule has 0 saturated heterocycles. The monoisotopic (exact) mass is 336 g/mol. The van der Waals surface area contributed by atoms with E-state index in [0.29, 0.717) is 25.9 Å². The van der Waals surface area contributed by atoms with E-state index in [-0.39, 0.29) is 11.8 Å². The minimum absolute atomic E-state index is 0.223. The third kappa shape index (κ3) is 13.7. The van der Waals surface area contributed by atoms with Gasteiger partial charge in [0.15, 0.2) is 0 Å². The molecule has 1 rings (SSSR count). The summed E-state index contributed by atoms with van der Waals surface area (Å²) in [5, 5.41) is 0. The van der Waals surface area contributed by atoms with Crippen LogP contribution < -0.4 is 22.9 Å². The molecule has 0 aliphatic rings. The molecule has 1 aromatic rings. The highest BCUT2D eigenvalue weighted by Gasteiger charge is 1.96. The molecule has 0 aliphatic heterocycles. The van der Waals surface area contributed by atoms with Gasteiger partial charge in [0.25, 0.3) is 0 Å². The van der Waals surface area contributed by atoms with Crippen LogP contribution in [0, 0.1) is 0 Å². The largest absolute Gasteiger partial charge is 0.370 e. The van der Waals surface area contributed by atoms with E-state index in [9.17, 15) is 9.59 Å². The predicted octanol–water partition coefficient (Wildman–Crippen LogP) is 1.68. The molecule has 0 radical (unpaired) electrons. The van der Waals surface area contributed by atoms with Gasteiger partial charge in [-0.2, -0.15) is 0 Å². The van der Waals surface area contributed by atoms with E-state index >= 15 is 0 Å². The number of hydrogen-bond acceptors (Lipinski definition) is 4. The van der Waals surface area contributed by atoms with Crippen LogP contribution >= 0.6 is 0 Å². The Morgan fingerprint density at radius 2 is 0.917 bits per heavy atom. The van der Waals surface area contributed by atoms with Gasteiger partial charge in [-0.25, -0.2) is 0 Å². The van der Waals surface area contributed by atoms with Gasteiger partial charge in [-0.1, -0.05) is 49.9 Å². The summed E-state index contributed by atoms with van der Waals surface area (Å²) in [5.41, 5.74) is 23.1. The van der Waals surface area contributed by atoms with E-state index in [2.05, 4.69) is 0 Å². The highest BCUT2D eigenvalue weighted by Crippen LogP contribution is 2.08. The quantitative estimate of drug-likeness (QED) is 0.457. The normalized spacial score (nSPS) is 9.92. The second kappa shape index (κ2) is 14.7. The molecule has 6 nitrogen and oxygen atoms in total. The van der Waals surface area contributed by atoms with Gasteiger partial charge in [0.05, 0.1) is 0 Å². The zero-order chi connectivity index (χ0) is 18.2. The number of hydrogen-bond donors (Lipinski definition) is 4. The summed E-state index contributed by atoms with van der Waals surface area (Å²) in [6.07, 6.45) is 7.02. The van der Waals surface area contributed by atoms with Crippen molar-refractivity contribution >= 4 is 11.8 Å². The average molecular weight is 336 g/mol. The maximum atomic E-state index is 10.4. The van der Waals surface area contributed by atoms with Gasteiger partial charge in [-0.05, 0) is 24.0 Å². The van der Waals surface area contributed by atoms with Crippen molar-refractivity contribution in [2.24, 2.45) is 22.9 Å². The molecule has 8 N–H and O–H groups in total. The number of amides is 2. The van der Waals surface area contributed by atoms with E-state index in [4.69, 9.17) is 22.9 Å². The Kier molecular flexibility index (Phi) is 13.5. The second-order valence-corrected chi connectivity index (χ2v) is 5.78. The smallest absolute Gasteiger partial charge is 0.217 e. The Morgan fingerprint density at radius 3 is 1.17 bits per heavy atom. The molecule has 0 saturated carbocycles. The van der Waals surface area contributed by atoms with Gasteiger partial charge in [-0.3, -0.25) is 9.59 Å². The van der Waals surface area contributed by atoms with Crippen molar-refractivity contribution in [1.29, 1.82) is 0 Å². The summed E-state index contributed by atoms with van der Waals surface area (Å²) in [5.74, 6) is -0.447. The van der Waals surface area contributed by atoms with E-state index < -0.39 is 0 Å². The fourth-order valence-electron chi connectivity index (χ4n) is 2.12. The van der Waals surface area contributed by atoms with Crippen molar-refractivity contribution < 1.29 is 9.59 Å². The topological polar surface area (TPSA) is 138 Å². The zero-order valence-electron chi connectivity index (χ0n) is 14.5. The van der Waals surface area contributed by atoms with Crippen LogP contribution in [0.1, 0.15) is 62.5 Å². The van der Waals surface area contributed by atoms with Crippen molar-refractivity contribution in [2.45, 2.75) is 64.5 Å². The minimum atomic E-state index is -0.223. The molecule has 24 heavy (non-hydrogen) atoms. The number of benzene rings is 1. The standard InChI is InChI=1S/C10H20N2O2.C8H12N2/c11-9(13)7-5-3-1-2-4-6-8-10(12)14;9-5-7-1-2-8(6-10)4-3-7/h1-8H2,(H2,11,13)(H2,12,14);1-4H,5-6,9-10H2. The molecule has 0 aliphatic carbocycles. The summed E-state index contributed by atoms with van der Waals surface area (Å²) < 4.78 is 0. The lowest BCUT2D eigenvalue weighted by molar-refractivity contribution is -0.119. The first-order valence-corrected chi connectivity index (χ1v) is 8.54. The van der Waals surface area contributed by atoms with Gasteiger partial charge >= 0.3 is 0 Å². The van der Waals surface area contributed by atoms with Crippen LogP contribution in [0.4, 0.5) is 0 Å². The van der Waals surface area contributed by atoms with E-state index in [1.54, 1.807) is 0 Å². The number of nitrogens with two attached hydrogens (primary N) is 4. The van der Waals surface area contributed by atoms with Crippen molar-refractivity contribution in [2.75, 3.05) is 0 Å². The third-order valence-corrected chi connectivity index (χ3v) is 3.59. The molecule has 0 bridgehead atoms. The molecule has 0 spiro atoms. The molecular formula is C18H32N4O2. The first-order valence-electron chi connectivity index (χ1n) is 8.54. The first kappa shape index (κ1) is 22.1. The first-order chi connectivity index (χ1) is 11.5. The molecule has 2 amide bonds. The van der Waals surface area contributed by atoms with Crippen LogP contribution in [0.5, 0.6) is 0 Å². The van der Waals surface area contributed by atoms with Crippen molar-refractivity contribution in [3.05, 3.63) is 35.4 Å². The van der Waals surface area contributed by atoms with Gasteiger partial charge in [0.1, 0.15) is 0 Å². The predicted molar refractivity (Wildman–Crippen MR) is 97.5 cm³/mol. The Balaban J connectivity index is 0.000000463. The molecule has 0 aromatic heterocycles. The van der Waals surface area contributed by atoms with Crippen LogP contribution in [-0.2, 0) is 22.7 Å². The van der Waals surface area contributed by atoms with Gasteiger partial charge in [0.2, 0.25) is 11.8 Å². The molecule has 6 heteroatoms. The molecular weight excluding hydrogens is 304 g/mol. The van der Waals surface area contributed by atoms with Crippen molar-refractivity contribution in [1.82, 2.24) is 0 Å². The van der Waals surface area contributed by atoms with Crippen LogP contribution in [0.15, 0.2) is 24.3 Å². The maximum absolute atomic E-state index is 10.4. The fraction of sp³-hybridized carbons (Fsp3) is 0.556. The summed E-state index contributed by atoms with van der Waals surface area (Å²) in [6, 6.07) is 8.01. The lowest BCUT2D eigenvalue weighted by Crippen LogP contribution is -2.09. The van der Waals surface area contributed by atoms with E-state index in [1.807, 2.05) is 24.3 Å². The fourth-order valence-corrected chi connectivity index (χ4v) is 2.12. The average Bonchev–Trinajstić information content (AvgIpc) is 2.57. The van der Waals surface area contributed by atoms with E-state index in [1.165, 1.54) is 0 Å². The van der Waals surface area contributed by atoms with Crippen LogP contribution in [0.2, 0.25) is 0 Å². The molecule has 136 valence electrons. The number of carbonyl (C=O) groups is 2.